The highest BCUT2D eigenvalue weighted by atomic mass is 16.5. The van der Waals surface area contributed by atoms with Gasteiger partial charge in [0.15, 0.2) is 24.6 Å². The lowest BCUT2D eigenvalue weighted by atomic mass is 10.2. The van der Waals surface area contributed by atoms with Crippen molar-refractivity contribution in [3.05, 3.63) is 18.2 Å². The Bertz CT molecular complexity index is 632. The van der Waals surface area contributed by atoms with E-state index in [0.29, 0.717) is 56.7 Å². The van der Waals surface area contributed by atoms with Crippen LogP contribution >= 0.6 is 0 Å². The molecule has 0 radical (unpaired) electrons. The zero-order valence-electron chi connectivity index (χ0n) is 16.4. The average molecular weight is 380 g/mol. The van der Waals surface area contributed by atoms with Gasteiger partial charge in [0.2, 0.25) is 0 Å². The zero-order chi connectivity index (χ0) is 19.6. The van der Waals surface area contributed by atoms with E-state index in [1.807, 2.05) is 20.9 Å². The maximum absolute atomic E-state index is 12.3. The van der Waals surface area contributed by atoms with E-state index in [1.165, 1.54) is 0 Å². The number of likely N-dealkylation sites (N-methyl/N-ethyl adjacent to an activating group) is 1. The Morgan fingerprint density at radius 1 is 1.11 bits per heavy atom. The molecule has 1 saturated heterocycles. The lowest BCUT2D eigenvalue weighted by Crippen LogP contribution is -3.11. The van der Waals surface area contributed by atoms with Crippen molar-refractivity contribution in [2.45, 2.75) is 13.8 Å². The second-order valence-corrected chi connectivity index (χ2v) is 6.38. The first-order chi connectivity index (χ1) is 13.0. The number of nitrogens with one attached hydrogen (secondary N) is 2. The first-order valence-corrected chi connectivity index (χ1v) is 9.39. The molecule has 1 aromatic carbocycles. The molecule has 0 aromatic heterocycles. The SMILES string of the molecule is CCOc1ccc(NC(=O)C[NH+](C)CC(=O)N2CCOCC2)cc1OCC. The number of quaternary nitrogens is 1. The zero-order valence-corrected chi connectivity index (χ0v) is 16.4. The van der Waals surface area contributed by atoms with Crippen molar-refractivity contribution in [2.75, 3.05) is 65.0 Å². The van der Waals surface area contributed by atoms with Gasteiger partial charge in [-0.1, -0.05) is 0 Å². The summed E-state index contributed by atoms with van der Waals surface area (Å²) in [7, 11) is 1.84. The van der Waals surface area contributed by atoms with Gasteiger partial charge in [-0.3, -0.25) is 9.59 Å². The normalized spacial score (nSPS) is 15.1. The third-order valence-electron chi connectivity index (χ3n) is 4.11. The summed E-state index contributed by atoms with van der Waals surface area (Å²) in [6, 6.07) is 5.31. The Kier molecular flexibility index (Phi) is 8.35. The highest BCUT2D eigenvalue weighted by Crippen LogP contribution is 2.30. The van der Waals surface area contributed by atoms with E-state index in [0.717, 1.165) is 4.90 Å². The fourth-order valence-corrected chi connectivity index (χ4v) is 2.85. The van der Waals surface area contributed by atoms with E-state index in [-0.39, 0.29) is 24.9 Å². The van der Waals surface area contributed by atoms with E-state index in [4.69, 9.17) is 14.2 Å². The molecule has 0 saturated carbocycles. The van der Waals surface area contributed by atoms with Crippen LogP contribution in [0.25, 0.3) is 0 Å². The standard InChI is InChI=1S/C19H29N3O5/c1-4-26-16-7-6-15(12-17(16)27-5-2)20-18(23)13-21(3)14-19(24)22-8-10-25-11-9-22/h6-7,12H,4-5,8-11,13-14H2,1-3H3,(H,20,23)/p+1. The minimum absolute atomic E-state index is 0.0447. The molecule has 1 aliphatic rings. The molecule has 2 rings (SSSR count). The molecule has 1 fully saturated rings. The van der Waals surface area contributed by atoms with Crippen LogP contribution in [0.2, 0.25) is 0 Å². The smallest absolute Gasteiger partial charge is 0.279 e. The molecular weight excluding hydrogens is 350 g/mol. The Balaban J connectivity index is 1.86. The highest BCUT2D eigenvalue weighted by Gasteiger charge is 2.21. The molecule has 150 valence electrons. The van der Waals surface area contributed by atoms with Gasteiger partial charge in [0.05, 0.1) is 33.5 Å². The Morgan fingerprint density at radius 2 is 1.78 bits per heavy atom. The quantitative estimate of drug-likeness (QED) is 0.620. The van der Waals surface area contributed by atoms with Gasteiger partial charge in [-0.25, -0.2) is 0 Å². The number of hydrogen-bond donors (Lipinski definition) is 2. The minimum atomic E-state index is -0.158. The first kappa shape index (κ1) is 21.0. The van der Waals surface area contributed by atoms with E-state index in [2.05, 4.69) is 5.32 Å². The summed E-state index contributed by atoms with van der Waals surface area (Å²) in [5.41, 5.74) is 0.638. The van der Waals surface area contributed by atoms with Gasteiger partial charge in [0, 0.05) is 24.8 Å². The molecule has 8 heteroatoms. The number of morpholine rings is 1. The summed E-state index contributed by atoms with van der Waals surface area (Å²) in [5.74, 6) is 1.13. The number of ether oxygens (including phenoxy) is 3. The summed E-state index contributed by atoms with van der Waals surface area (Å²) >= 11 is 0. The molecule has 0 spiro atoms. The third-order valence-corrected chi connectivity index (χ3v) is 4.11. The first-order valence-electron chi connectivity index (χ1n) is 9.39. The van der Waals surface area contributed by atoms with Crippen LogP contribution in [0.15, 0.2) is 18.2 Å². The number of hydrogen-bond acceptors (Lipinski definition) is 5. The van der Waals surface area contributed by atoms with Crippen molar-refractivity contribution < 1.29 is 28.7 Å². The average Bonchev–Trinajstić information content (AvgIpc) is 2.64. The number of carbonyl (C=O) groups is 2. The number of nitrogens with zero attached hydrogens (tertiary/aromatic N) is 1. The van der Waals surface area contributed by atoms with Crippen LogP contribution in [0.4, 0.5) is 5.69 Å². The Morgan fingerprint density at radius 3 is 2.44 bits per heavy atom. The fourth-order valence-electron chi connectivity index (χ4n) is 2.85. The van der Waals surface area contributed by atoms with Gasteiger partial charge in [0.25, 0.3) is 11.8 Å². The van der Waals surface area contributed by atoms with Gasteiger partial charge >= 0.3 is 0 Å². The van der Waals surface area contributed by atoms with Gasteiger partial charge in [0.1, 0.15) is 0 Å². The van der Waals surface area contributed by atoms with Gasteiger partial charge < -0.3 is 29.3 Å². The Hall–Kier alpha value is -2.32. The lowest BCUT2D eigenvalue weighted by Gasteiger charge is -2.27. The maximum atomic E-state index is 12.3. The molecule has 0 aliphatic carbocycles. The van der Waals surface area contributed by atoms with Gasteiger partial charge in [-0.2, -0.15) is 0 Å². The van der Waals surface area contributed by atoms with Crippen LogP contribution in [0, 0.1) is 0 Å². The van der Waals surface area contributed by atoms with Gasteiger partial charge in [-0.05, 0) is 26.0 Å². The van der Waals surface area contributed by atoms with Gasteiger partial charge in [-0.15, -0.1) is 0 Å². The molecule has 2 N–H and O–H groups in total. The summed E-state index contributed by atoms with van der Waals surface area (Å²) < 4.78 is 16.3. The van der Waals surface area contributed by atoms with Crippen molar-refractivity contribution in [3.63, 3.8) is 0 Å². The van der Waals surface area contributed by atoms with E-state index >= 15 is 0 Å². The molecule has 1 unspecified atom stereocenters. The molecule has 2 amide bonds. The van der Waals surface area contributed by atoms with Crippen molar-refractivity contribution in [1.29, 1.82) is 0 Å². The fraction of sp³-hybridized carbons (Fsp3) is 0.579. The number of carbonyl (C=O) groups excluding carboxylic acids is 2. The number of benzene rings is 1. The molecule has 8 nitrogen and oxygen atoms in total. The van der Waals surface area contributed by atoms with Crippen molar-refractivity contribution in [3.8, 4) is 11.5 Å². The molecule has 1 heterocycles. The maximum Gasteiger partial charge on any atom is 0.279 e. The molecule has 0 bridgehead atoms. The second-order valence-electron chi connectivity index (χ2n) is 6.38. The molecule has 27 heavy (non-hydrogen) atoms. The van der Waals surface area contributed by atoms with Crippen molar-refractivity contribution >= 4 is 17.5 Å². The van der Waals surface area contributed by atoms with E-state index in [9.17, 15) is 9.59 Å². The van der Waals surface area contributed by atoms with Crippen LogP contribution in [-0.4, -0.2) is 76.4 Å². The van der Waals surface area contributed by atoms with E-state index in [1.54, 1.807) is 23.1 Å². The van der Waals surface area contributed by atoms with Crippen LogP contribution < -0.4 is 19.7 Å². The predicted octanol–water partition coefficient (Wildman–Crippen LogP) is -0.204. The number of amides is 2. The second kappa shape index (κ2) is 10.7. The van der Waals surface area contributed by atoms with Crippen molar-refractivity contribution in [2.24, 2.45) is 0 Å². The van der Waals surface area contributed by atoms with Crippen LogP contribution in [0.1, 0.15) is 13.8 Å². The lowest BCUT2D eigenvalue weighted by molar-refractivity contribution is -0.862. The molecular formula is C19H30N3O5+. The minimum Gasteiger partial charge on any atom is -0.490 e. The summed E-state index contributed by atoms with van der Waals surface area (Å²) in [5, 5.41) is 2.85. The third kappa shape index (κ3) is 6.73. The largest absolute Gasteiger partial charge is 0.490 e. The topological polar surface area (TPSA) is 81.5 Å². The van der Waals surface area contributed by atoms with Crippen molar-refractivity contribution in [1.82, 2.24) is 4.90 Å². The van der Waals surface area contributed by atoms with Crippen LogP contribution in [-0.2, 0) is 14.3 Å². The molecule has 1 aromatic rings. The molecule has 1 aliphatic heterocycles. The predicted molar refractivity (Wildman–Crippen MR) is 101 cm³/mol. The Labute approximate surface area is 160 Å². The van der Waals surface area contributed by atoms with Crippen LogP contribution in [0.5, 0.6) is 11.5 Å². The summed E-state index contributed by atoms with van der Waals surface area (Å²) in [6.07, 6.45) is 0. The highest BCUT2D eigenvalue weighted by molar-refractivity contribution is 5.92. The number of anilines is 1. The summed E-state index contributed by atoms with van der Waals surface area (Å²) in [4.78, 5) is 27.2. The number of rotatable bonds is 9. The monoisotopic (exact) mass is 380 g/mol. The molecule has 1 atom stereocenters. The summed E-state index contributed by atoms with van der Waals surface area (Å²) in [6.45, 7) is 7.71. The van der Waals surface area contributed by atoms with Crippen LogP contribution in [0.3, 0.4) is 0 Å². The van der Waals surface area contributed by atoms with E-state index < -0.39 is 0 Å².